The number of amides is 1. The van der Waals surface area contributed by atoms with Gasteiger partial charge in [-0.25, -0.2) is 0 Å². The van der Waals surface area contributed by atoms with Gasteiger partial charge in [0.15, 0.2) is 0 Å². The lowest BCUT2D eigenvalue weighted by atomic mass is 9.91. The van der Waals surface area contributed by atoms with Gasteiger partial charge in [0.1, 0.15) is 11.3 Å². The molecule has 2 unspecified atom stereocenters. The lowest BCUT2D eigenvalue weighted by Gasteiger charge is -2.34. The van der Waals surface area contributed by atoms with Crippen LogP contribution in [0.2, 0.25) is 0 Å². The van der Waals surface area contributed by atoms with E-state index in [2.05, 4.69) is 32.0 Å². The second-order valence-electron chi connectivity index (χ2n) is 8.81. The molecular weight excluding hydrogens is 386 g/mol. The zero-order chi connectivity index (χ0) is 22.0. The Morgan fingerprint density at radius 1 is 1.16 bits per heavy atom. The zero-order valence-corrected chi connectivity index (χ0v) is 18.9. The van der Waals surface area contributed by atoms with Crippen molar-refractivity contribution in [2.75, 3.05) is 19.7 Å². The van der Waals surface area contributed by atoms with Crippen LogP contribution in [0.15, 0.2) is 59.2 Å². The molecule has 0 N–H and O–H groups in total. The molecule has 0 spiro atoms. The van der Waals surface area contributed by atoms with Gasteiger partial charge in [-0.2, -0.15) is 0 Å². The van der Waals surface area contributed by atoms with Gasteiger partial charge in [0.25, 0.3) is 0 Å². The molecule has 0 aliphatic carbocycles. The van der Waals surface area contributed by atoms with E-state index in [1.165, 1.54) is 6.42 Å². The molecule has 4 rings (SSSR count). The highest BCUT2D eigenvalue weighted by Crippen LogP contribution is 2.37. The minimum Gasteiger partial charge on any atom is -0.493 e. The Kier molecular flexibility index (Phi) is 6.17. The normalized spacial score (nSPS) is 19.6. The molecule has 1 aliphatic heterocycles. The van der Waals surface area contributed by atoms with Crippen LogP contribution in [-0.4, -0.2) is 30.5 Å². The maximum atomic E-state index is 13.0. The zero-order valence-electron chi connectivity index (χ0n) is 18.9. The van der Waals surface area contributed by atoms with E-state index in [0.717, 1.165) is 52.1 Å². The first-order chi connectivity index (χ1) is 15.0. The minimum atomic E-state index is 0.0777. The number of carbonyl (C=O) groups excluding carboxylic acids is 1. The topological polar surface area (TPSA) is 42.7 Å². The van der Waals surface area contributed by atoms with Crippen LogP contribution in [0.5, 0.6) is 5.75 Å². The average Bonchev–Trinajstić information content (AvgIpc) is 3.16. The number of benzene rings is 2. The fourth-order valence-corrected chi connectivity index (χ4v) is 4.68. The third-order valence-electron chi connectivity index (χ3n) is 6.01. The lowest BCUT2D eigenvalue weighted by Crippen LogP contribution is -2.41. The second-order valence-corrected chi connectivity index (χ2v) is 8.81. The minimum absolute atomic E-state index is 0.0777. The molecule has 2 aromatic carbocycles. The van der Waals surface area contributed by atoms with Gasteiger partial charge in [0, 0.05) is 41.7 Å². The number of likely N-dealkylation sites (tertiary alicyclic amines) is 1. The van der Waals surface area contributed by atoms with Crippen LogP contribution in [0.25, 0.3) is 27.7 Å². The monoisotopic (exact) mass is 417 g/mol. The summed E-state index contributed by atoms with van der Waals surface area (Å²) in [6.07, 6.45) is 4.73. The van der Waals surface area contributed by atoms with Crippen LogP contribution in [0, 0.1) is 11.8 Å². The third kappa shape index (κ3) is 4.53. The van der Waals surface area contributed by atoms with E-state index in [1.807, 2.05) is 43.0 Å². The Balaban J connectivity index is 1.73. The SMILES string of the molecule is CCOc1cc2occ(-c3ccccc3)c2cc1/C(C)=C/C(=O)N1CC(C)CC(C)C1. The van der Waals surface area contributed by atoms with Crippen molar-refractivity contribution in [3.05, 3.63) is 60.4 Å². The molecule has 1 saturated heterocycles. The molecule has 0 saturated carbocycles. The van der Waals surface area contributed by atoms with Gasteiger partial charge in [-0.1, -0.05) is 44.2 Å². The first-order valence-corrected chi connectivity index (χ1v) is 11.2. The third-order valence-corrected chi connectivity index (χ3v) is 6.01. The summed E-state index contributed by atoms with van der Waals surface area (Å²) in [6, 6.07) is 14.2. The first-order valence-electron chi connectivity index (χ1n) is 11.2. The van der Waals surface area contributed by atoms with Gasteiger partial charge in [-0.3, -0.25) is 4.79 Å². The highest BCUT2D eigenvalue weighted by molar-refractivity contribution is 6.00. The number of fused-ring (bicyclic) bond motifs is 1. The Hall–Kier alpha value is -3.01. The van der Waals surface area contributed by atoms with E-state index in [9.17, 15) is 4.79 Å². The molecule has 1 fully saturated rings. The number of hydrogen-bond acceptors (Lipinski definition) is 3. The van der Waals surface area contributed by atoms with Gasteiger partial charge in [0.2, 0.25) is 5.91 Å². The van der Waals surface area contributed by atoms with E-state index in [1.54, 1.807) is 12.3 Å². The van der Waals surface area contributed by atoms with Crippen LogP contribution < -0.4 is 4.74 Å². The molecule has 0 radical (unpaired) electrons. The predicted octanol–water partition coefficient (Wildman–Crippen LogP) is 6.41. The smallest absolute Gasteiger partial charge is 0.246 e. The van der Waals surface area contributed by atoms with E-state index in [-0.39, 0.29) is 5.91 Å². The molecule has 1 amide bonds. The number of nitrogens with zero attached hydrogens (tertiary/aromatic N) is 1. The molecule has 162 valence electrons. The Labute approximate surface area is 184 Å². The number of carbonyl (C=O) groups is 1. The van der Waals surface area contributed by atoms with Crippen molar-refractivity contribution in [1.82, 2.24) is 4.90 Å². The van der Waals surface area contributed by atoms with Gasteiger partial charge < -0.3 is 14.1 Å². The molecular formula is C27H31NO3. The summed E-state index contributed by atoms with van der Waals surface area (Å²) < 4.78 is 11.8. The summed E-state index contributed by atoms with van der Waals surface area (Å²) in [6.45, 7) is 10.6. The molecule has 31 heavy (non-hydrogen) atoms. The van der Waals surface area contributed by atoms with Crippen molar-refractivity contribution in [2.45, 2.75) is 34.1 Å². The van der Waals surface area contributed by atoms with Crippen molar-refractivity contribution in [1.29, 1.82) is 0 Å². The molecule has 4 nitrogen and oxygen atoms in total. The fraction of sp³-hybridized carbons (Fsp3) is 0.370. The van der Waals surface area contributed by atoms with Crippen LogP contribution in [-0.2, 0) is 4.79 Å². The lowest BCUT2D eigenvalue weighted by molar-refractivity contribution is -0.128. The summed E-state index contributed by atoms with van der Waals surface area (Å²) in [5.41, 5.74) is 4.76. The first kappa shape index (κ1) is 21.2. The molecule has 4 heteroatoms. The van der Waals surface area contributed by atoms with Gasteiger partial charge >= 0.3 is 0 Å². The number of allylic oxidation sites excluding steroid dienone is 1. The molecule has 3 aromatic rings. The summed E-state index contributed by atoms with van der Waals surface area (Å²) in [5, 5.41) is 1.02. The Morgan fingerprint density at radius 3 is 2.55 bits per heavy atom. The maximum Gasteiger partial charge on any atom is 0.246 e. The van der Waals surface area contributed by atoms with E-state index >= 15 is 0 Å². The quantitative estimate of drug-likeness (QED) is 0.451. The number of furan rings is 1. The predicted molar refractivity (Wildman–Crippen MR) is 126 cm³/mol. The van der Waals surface area contributed by atoms with Crippen molar-refractivity contribution < 1.29 is 13.9 Å². The molecule has 2 atom stereocenters. The van der Waals surface area contributed by atoms with Crippen LogP contribution >= 0.6 is 0 Å². The summed E-state index contributed by atoms with van der Waals surface area (Å²) >= 11 is 0. The van der Waals surface area contributed by atoms with Crippen LogP contribution in [0.1, 0.15) is 39.7 Å². The second kappa shape index (κ2) is 9.01. The molecule has 2 heterocycles. The van der Waals surface area contributed by atoms with Crippen molar-refractivity contribution in [3.63, 3.8) is 0 Å². The van der Waals surface area contributed by atoms with Gasteiger partial charge in [-0.05, 0) is 49.3 Å². The number of piperidine rings is 1. The van der Waals surface area contributed by atoms with E-state index < -0.39 is 0 Å². The molecule has 1 aliphatic rings. The van der Waals surface area contributed by atoms with Gasteiger partial charge in [0.05, 0.1) is 12.9 Å². The van der Waals surface area contributed by atoms with Crippen molar-refractivity contribution in [2.24, 2.45) is 11.8 Å². The summed E-state index contributed by atoms with van der Waals surface area (Å²) in [7, 11) is 0. The number of ether oxygens (including phenoxy) is 1. The summed E-state index contributed by atoms with van der Waals surface area (Å²) in [5.74, 6) is 1.90. The van der Waals surface area contributed by atoms with Crippen LogP contribution in [0.3, 0.4) is 0 Å². The summed E-state index contributed by atoms with van der Waals surface area (Å²) in [4.78, 5) is 15.0. The number of hydrogen-bond donors (Lipinski definition) is 0. The largest absolute Gasteiger partial charge is 0.493 e. The molecule has 0 bridgehead atoms. The van der Waals surface area contributed by atoms with Crippen molar-refractivity contribution in [3.8, 4) is 16.9 Å². The van der Waals surface area contributed by atoms with E-state index in [0.29, 0.717) is 18.4 Å². The number of rotatable bonds is 5. The van der Waals surface area contributed by atoms with Gasteiger partial charge in [-0.15, -0.1) is 0 Å². The highest BCUT2D eigenvalue weighted by Gasteiger charge is 2.25. The van der Waals surface area contributed by atoms with Crippen LogP contribution in [0.4, 0.5) is 0 Å². The molecule has 1 aromatic heterocycles. The fourth-order valence-electron chi connectivity index (χ4n) is 4.68. The standard InChI is InChI=1S/C27H31NO3/c1-5-30-25-14-26-23(24(17-31-26)21-9-7-6-8-10-21)13-22(25)20(4)12-27(29)28-15-18(2)11-19(3)16-28/h6-10,12-14,17-19H,5,11,15-16H2,1-4H3/b20-12+. The van der Waals surface area contributed by atoms with E-state index in [4.69, 9.17) is 9.15 Å². The highest BCUT2D eigenvalue weighted by atomic mass is 16.5. The maximum absolute atomic E-state index is 13.0. The Morgan fingerprint density at radius 2 is 1.87 bits per heavy atom. The Bertz CT molecular complexity index is 1090. The average molecular weight is 418 g/mol. The van der Waals surface area contributed by atoms with Crippen molar-refractivity contribution >= 4 is 22.4 Å².